The molecule has 1 aromatic heterocycles. The van der Waals surface area contributed by atoms with Gasteiger partial charge in [0.1, 0.15) is 17.6 Å². The first-order valence-corrected chi connectivity index (χ1v) is 10.9. The van der Waals surface area contributed by atoms with Gasteiger partial charge in [-0.15, -0.1) is 0 Å². The van der Waals surface area contributed by atoms with Crippen LogP contribution in [0.2, 0.25) is 5.02 Å². The molecule has 0 bridgehead atoms. The fourth-order valence-electron chi connectivity index (χ4n) is 3.25. The molecule has 1 atom stereocenters. The lowest BCUT2D eigenvalue weighted by molar-refractivity contribution is -0.139. The van der Waals surface area contributed by atoms with Crippen molar-refractivity contribution in [2.45, 2.75) is 25.8 Å². The van der Waals surface area contributed by atoms with Crippen molar-refractivity contribution in [2.24, 2.45) is 0 Å². The maximum atomic E-state index is 12.6. The Balaban J connectivity index is 1.56. The van der Waals surface area contributed by atoms with Gasteiger partial charge in [-0.3, -0.25) is 4.79 Å². The third kappa shape index (κ3) is 6.70. The van der Waals surface area contributed by atoms with Crippen LogP contribution in [-0.4, -0.2) is 41.7 Å². The van der Waals surface area contributed by atoms with Crippen LogP contribution < -0.4 is 15.4 Å². The number of aromatic nitrogens is 1. The predicted octanol–water partition coefficient (Wildman–Crippen LogP) is 4.13. The second-order valence-corrected chi connectivity index (χ2v) is 7.89. The Hall–Kier alpha value is -3.58. The molecule has 0 spiro atoms. The first-order chi connectivity index (χ1) is 15.9. The molecule has 0 unspecified atom stereocenters. The maximum absolute atomic E-state index is 12.6. The van der Waals surface area contributed by atoms with Crippen molar-refractivity contribution in [1.82, 2.24) is 10.3 Å². The number of benzene rings is 2. The average Bonchev–Trinajstić information content (AvgIpc) is 2.81. The summed E-state index contributed by atoms with van der Waals surface area (Å²) in [5.41, 5.74) is 2.68. The number of rotatable bonds is 10. The Labute approximate surface area is 197 Å². The van der Waals surface area contributed by atoms with Crippen LogP contribution in [0.4, 0.5) is 5.82 Å². The molecule has 8 heteroatoms. The number of anilines is 1. The highest BCUT2D eigenvalue weighted by atomic mass is 35.5. The van der Waals surface area contributed by atoms with Gasteiger partial charge in [-0.1, -0.05) is 41.9 Å². The number of carboxylic acid groups (broad SMARTS) is 1. The van der Waals surface area contributed by atoms with E-state index in [1.54, 1.807) is 49.4 Å². The van der Waals surface area contributed by atoms with E-state index in [0.717, 1.165) is 22.6 Å². The molecule has 0 aliphatic rings. The van der Waals surface area contributed by atoms with Gasteiger partial charge in [-0.2, -0.15) is 0 Å². The van der Waals surface area contributed by atoms with E-state index in [0.29, 0.717) is 23.8 Å². The molecule has 3 N–H and O–H groups in total. The molecule has 1 amide bonds. The molecule has 0 aliphatic carbocycles. The van der Waals surface area contributed by atoms with Gasteiger partial charge < -0.3 is 20.5 Å². The van der Waals surface area contributed by atoms with Crippen molar-refractivity contribution in [3.8, 4) is 5.75 Å². The van der Waals surface area contributed by atoms with E-state index in [2.05, 4.69) is 15.6 Å². The SMILES string of the molecule is CNc1cccc(CCOc2ccc(C[C@H](NC(=O)c3cccc(C)c3Cl)C(=O)O)cc2)n1. The molecular weight excluding hydrogens is 442 g/mol. The molecule has 1 heterocycles. The monoisotopic (exact) mass is 467 g/mol. The number of carboxylic acids is 1. The molecule has 172 valence electrons. The number of nitrogens with one attached hydrogen (secondary N) is 2. The highest BCUT2D eigenvalue weighted by Crippen LogP contribution is 2.20. The smallest absolute Gasteiger partial charge is 0.326 e. The number of pyridine rings is 1. The van der Waals surface area contributed by atoms with E-state index in [1.165, 1.54) is 0 Å². The number of hydrogen-bond acceptors (Lipinski definition) is 5. The van der Waals surface area contributed by atoms with Crippen LogP contribution in [0.5, 0.6) is 5.75 Å². The van der Waals surface area contributed by atoms with E-state index in [-0.39, 0.29) is 12.0 Å². The van der Waals surface area contributed by atoms with Crippen molar-refractivity contribution < 1.29 is 19.4 Å². The minimum absolute atomic E-state index is 0.130. The van der Waals surface area contributed by atoms with Crippen LogP contribution in [0.3, 0.4) is 0 Å². The van der Waals surface area contributed by atoms with Crippen LogP contribution in [-0.2, 0) is 17.6 Å². The lowest BCUT2D eigenvalue weighted by Gasteiger charge is -2.16. The number of halogens is 1. The third-order valence-electron chi connectivity index (χ3n) is 5.09. The summed E-state index contributed by atoms with van der Waals surface area (Å²) in [6.07, 6.45) is 0.789. The molecular formula is C25H26ClN3O4. The van der Waals surface area contributed by atoms with Gasteiger partial charge >= 0.3 is 5.97 Å². The number of nitrogens with zero attached hydrogens (tertiary/aromatic N) is 1. The zero-order valence-corrected chi connectivity index (χ0v) is 19.2. The fraction of sp³-hybridized carbons (Fsp3) is 0.240. The predicted molar refractivity (Wildman–Crippen MR) is 128 cm³/mol. The van der Waals surface area contributed by atoms with Gasteiger partial charge in [0.2, 0.25) is 0 Å². The molecule has 0 aliphatic heterocycles. The van der Waals surface area contributed by atoms with Crippen LogP contribution in [0.15, 0.2) is 60.7 Å². The second kappa shape index (κ2) is 11.3. The molecule has 0 radical (unpaired) electrons. The number of aryl methyl sites for hydroxylation is 1. The normalized spacial score (nSPS) is 11.5. The fourth-order valence-corrected chi connectivity index (χ4v) is 3.46. The van der Waals surface area contributed by atoms with Gasteiger partial charge in [0.05, 0.1) is 17.2 Å². The summed E-state index contributed by atoms with van der Waals surface area (Å²) in [4.78, 5) is 28.7. The summed E-state index contributed by atoms with van der Waals surface area (Å²) < 4.78 is 5.78. The minimum atomic E-state index is -1.12. The van der Waals surface area contributed by atoms with Gasteiger partial charge in [-0.05, 0) is 48.4 Å². The van der Waals surface area contributed by atoms with Crippen molar-refractivity contribution >= 4 is 29.3 Å². The lowest BCUT2D eigenvalue weighted by Crippen LogP contribution is -2.42. The van der Waals surface area contributed by atoms with Gasteiger partial charge in [0.15, 0.2) is 0 Å². The number of carbonyl (C=O) groups is 2. The van der Waals surface area contributed by atoms with Crippen molar-refractivity contribution in [3.63, 3.8) is 0 Å². The molecule has 0 fully saturated rings. The standard InChI is InChI=1S/C25H26ClN3O4/c1-16-5-3-7-20(23(16)26)24(30)29-21(25(31)32)15-17-9-11-19(12-10-17)33-14-13-18-6-4-8-22(27-2)28-18/h3-12,21H,13-15H2,1-2H3,(H,27,28)(H,29,30)(H,31,32)/t21-/m0/s1. The molecule has 3 aromatic rings. The Morgan fingerprint density at radius 1 is 1.09 bits per heavy atom. The molecule has 7 nitrogen and oxygen atoms in total. The largest absolute Gasteiger partial charge is 0.493 e. The summed E-state index contributed by atoms with van der Waals surface area (Å²) >= 11 is 6.20. The zero-order chi connectivity index (χ0) is 23.8. The Kier molecular flexibility index (Phi) is 8.27. The summed E-state index contributed by atoms with van der Waals surface area (Å²) in [6, 6.07) is 16.9. The van der Waals surface area contributed by atoms with Gasteiger partial charge in [-0.25, -0.2) is 9.78 Å². The molecule has 33 heavy (non-hydrogen) atoms. The molecule has 3 rings (SSSR count). The van der Waals surface area contributed by atoms with E-state index in [1.807, 2.05) is 25.2 Å². The Morgan fingerprint density at radius 3 is 2.52 bits per heavy atom. The minimum Gasteiger partial charge on any atom is -0.493 e. The molecule has 0 saturated carbocycles. The van der Waals surface area contributed by atoms with Crippen molar-refractivity contribution in [1.29, 1.82) is 0 Å². The summed E-state index contributed by atoms with van der Waals surface area (Å²) in [5.74, 6) is -0.164. The number of carbonyl (C=O) groups excluding carboxylic acids is 1. The van der Waals surface area contributed by atoms with E-state index >= 15 is 0 Å². The topological polar surface area (TPSA) is 101 Å². The highest BCUT2D eigenvalue weighted by molar-refractivity contribution is 6.34. The third-order valence-corrected chi connectivity index (χ3v) is 5.59. The number of ether oxygens (including phenoxy) is 1. The van der Waals surface area contributed by atoms with Crippen LogP contribution in [0, 0.1) is 6.92 Å². The Morgan fingerprint density at radius 2 is 1.82 bits per heavy atom. The zero-order valence-electron chi connectivity index (χ0n) is 18.5. The van der Waals surface area contributed by atoms with Crippen LogP contribution in [0.1, 0.15) is 27.2 Å². The quantitative estimate of drug-likeness (QED) is 0.414. The van der Waals surface area contributed by atoms with Crippen molar-refractivity contribution in [3.05, 3.63) is 88.1 Å². The molecule has 2 aromatic carbocycles. The van der Waals surface area contributed by atoms with Crippen LogP contribution >= 0.6 is 11.6 Å². The first kappa shape index (κ1) is 24.1. The number of amides is 1. The summed E-state index contributed by atoms with van der Waals surface area (Å²) in [6.45, 7) is 2.25. The molecule has 0 saturated heterocycles. The Bertz CT molecular complexity index is 1120. The van der Waals surface area contributed by atoms with Gasteiger partial charge in [0, 0.05) is 25.6 Å². The first-order valence-electron chi connectivity index (χ1n) is 10.5. The maximum Gasteiger partial charge on any atom is 0.326 e. The summed E-state index contributed by atoms with van der Waals surface area (Å²) in [7, 11) is 1.82. The van der Waals surface area contributed by atoms with E-state index in [4.69, 9.17) is 16.3 Å². The van der Waals surface area contributed by atoms with Crippen molar-refractivity contribution in [2.75, 3.05) is 19.0 Å². The van der Waals surface area contributed by atoms with Gasteiger partial charge in [0.25, 0.3) is 5.91 Å². The number of aliphatic carboxylic acids is 1. The van der Waals surface area contributed by atoms with E-state index < -0.39 is 17.9 Å². The number of hydrogen-bond donors (Lipinski definition) is 3. The van der Waals surface area contributed by atoms with E-state index in [9.17, 15) is 14.7 Å². The summed E-state index contributed by atoms with van der Waals surface area (Å²) in [5, 5.41) is 15.5. The average molecular weight is 468 g/mol. The highest BCUT2D eigenvalue weighted by Gasteiger charge is 2.22. The lowest BCUT2D eigenvalue weighted by atomic mass is 10.0. The van der Waals surface area contributed by atoms with Crippen LogP contribution in [0.25, 0.3) is 0 Å². The second-order valence-electron chi connectivity index (χ2n) is 7.51.